The molecule has 142 valence electrons. The summed E-state index contributed by atoms with van der Waals surface area (Å²) < 4.78 is 49.5. The number of halogens is 3. The summed E-state index contributed by atoms with van der Waals surface area (Å²) >= 11 is 0. The second-order valence-electron chi connectivity index (χ2n) is 5.77. The van der Waals surface area contributed by atoms with Crippen molar-refractivity contribution in [3.63, 3.8) is 0 Å². The standard InChI is InChI=1S/C19H17F3N2O3/c1-26-15-4-2-12(3-5-15)11-27-18-7-14(10-25)23-9-16(18)17-6-13(8-24-17)19(20,21)22/h2-9,24-25H,10-11H2,1H3. The van der Waals surface area contributed by atoms with Gasteiger partial charge < -0.3 is 19.6 Å². The maximum atomic E-state index is 12.9. The number of methoxy groups -OCH3 is 1. The minimum Gasteiger partial charge on any atom is -0.497 e. The van der Waals surface area contributed by atoms with E-state index in [0.717, 1.165) is 17.8 Å². The van der Waals surface area contributed by atoms with E-state index in [9.17, 15) is 18.3 Å². The van der Waals surface area contributed by atoms with Gasteiger partial charge in [0.2, 0.25) is 0 Å². The average molecular weight is 378 g/mol. The van der Waals surface area contributed by atoms with E-state index >= 15 is 0 Å². The Hall–Kier alpha value is -3.00. The lowest BCUT2D eigenvalue weighted by molar-refractivity contribution is -0.137. The summed E-state index contributed by atoms with van der Waals surface area (Å²) in [5.74, 6) is 1.03. The Morgan fingerprint density at radius 1 is 1.15 bits per heavy atom. The van der Waals surface area contributed by atoms with E-state index in [0.29, 0.717) is 22.8 Å². The van der Waals surface area contributed by atoms with Gasteiger partial charge in [0.05, 0.1) is 36.2 Å². The fourth-order valence-electron chi connectivity index (χ4n) is 2.48. The molecule has 0 atom stereocenters. The number of ether oxygens (including phenoxy) is 2. The molecule has 0 spiro atoms. The van der Waals surface area contributed by atoms with Crippen LogP contribution in [-0.2, 0) is 19.4 Å². The Morgan fingerprint density at radius 3 is 2.48 bits per heavy atom. The molecular formula is C19H17F3N2O3. The third kappa shape index (κ3) is 4.40. The first-order valence-corrected chi connectivity index (χ1v) is 8.02. The van der Waals surface area contributed by atoms with E-state index in [1.165, 1.54) is 12.3 Å². The highest BCUT2D eigenvalue weighted by Gasteiger charge is 2.32. The van der Waals surface area contributed by atoms with Crippen LogP contribution in [0.3, 0.4) is 0 Å². The minimum absolute atomic E-state index is 0.193. The molecule has 3 rings (SSSR count). The first-order chi connectivity index (χ1) is 12.9. The van der Waals surface area contributed by atoms with Crippen molar-refractivity contribution in [3.05, 3.63) is 65.6 Å². The van der Waals surface area contributed by atoms with E-state index in [4.69, 9.17) is 9.47 Å². The summed E-state index contributed by atoms with van der Waals surface area (Å²) in [7, 11) is 1.57. The monoisotopic (exact) mass is 378 g/mol. The number of benzene rings is 1. The van der Waals surface area contributed by atoms with Gasteiger partial charge in [-0.1, -0.05) is 12.1 Å². The number of nitrogens with one attached hydrogen (secondary N) is 1. The highest BCUT2D eigenvalue weighted by Crippen LogP contribution is 2.35. The van der Waals surface area contributed by atoms with Gasteiger partial charge in [0.15, 0.2) is 0 Å². The number of H-pyrrole nitrogens is 1. The van der Waals surface area contributed by atoms with E-state index in [1.54, 1.807) is 19.2 Å². The minimum atomic E-state index is -4.45. The zero-order chi connectivity index (χ0) is 19.4. The van der Waals surface area contributed by atoms with Crippen LogP contribution in [0.15, 0.2) is 48.8 Å². The van der Waals surface area contributed by atoms with Crippen LogP contribution in [0.25, 0.3) is 11.3 Å². The number of aromatic nitrogens is 2. The van der Waals surface area contributed by atoms with Gasteiger partial charge in [0.25, 0.3) is 0 Å². The summed E-state index contributed by atoms with van der Waals surface area (Å²) in [5, 5.41) is 9.29. The molecule has 1 aromatic carbocycles. The Bertz CT molecular complexity index is 905. The molecule has 0 fully saturated rings. The van der Waals surface area contributed by atoms with Crippen molar-refractivity contribution in [3.8, 4) is 22.8 Å². The van der Waals surface area contributed by atoms with Crippen molar-refractivity contribution in [2.45, 2.75) is 19.4 Å². The Morgan fingerprint density at radius 2 is 1.89 bits per heavy atom. The fraction of sp³-hybridized carbons (Fsp3) is 0.211. The molecule has 0 bridgehead atoms. The average Bonchev–Trinajstić information content (AvgIpc) is 3.17. The number of hydrogen-bond donors (Lipinski definition) is 2. The predicted molar refractivity (Wildman–Crippen MR) is 92.3 cm³/mol. The molecule has 8 heteroatoms. The van der Waals surface area contributed by atoms with Gasteiger partial charge in [0, 0.05) is 18.5 Å². The molecule has 0 aliphatic carbocycles. The second-order valence-corrected chi connectivity index (χ2v) is 5.77. The summed E-state index contributed by atoms with van der Waals surface area (Å²) in [6, 6.07) is 9.71. The molecule has 27 heavy (non-hydrogen) atoms. The van der Waals surface area contributed by atoms with Crippen molar-refractivity contribution in [2.75, 3.05) is 7.11 Å². The number of aliphatic hydroxyl groups is 1. The van der Waals surface area contributed by atoms with Gasteiger partial charge >= 0.3 is 6.18 Å². The Balaban J connectivity index is 1.87. The molecule has 0 saturated heterocycles. The summed E-state index contributed by atoms with van der Waals surface area (Å²) in [6.07, 6.45) is -2.18. The molecule has 0 aliphatic rings. The number of pyridine rings is 1. The normalized spacial score (nSPS) is 11.4. The zero-order valence-electron chi connectivity index (χ0n) is 14.4. The maximum Gasteiger partial charge on any atom is 0.417 e. The number of alkyl halides is 3. The first-order valence-electron chi connectivity index (χ1n) is 8.02. The van der Waals surface area contributed by atoms with Crippen LogP contribution in [0, 0.1) is 0 Å². The van der Waals surface area contributed by atoms with Crippen LogP contribution < -0.4 is 9.47 Å². The fourth-order valence-corrected chi connectivity index (χ4v) is 2.48. The van der Waals surface area contributed by atoms with E-state index < -0.39 is 11.7 Å². The van der Waals surface area contributed by atoms with Gasteiger partial charge in [-0.15, -0.1) is 0 Å². The van der Waals surface area contributed by atoms with Crippen molar-refractivity contribution in [1.29, 1.82) is 0 Å². The van der Waals surface area contributed by atoms with Crippen molar-refractivity contribution < 1.29 is 27.8 Å². The molecule has 5 nitrogen and oxygen atoms in total. The van der Waals surface area contributed by atoms with Crippen LogP contribution >= 0.6 is 0 Å². The summed E-state index contributed by atoms with van der Waals surface area (Å²) in [6.45, 7) is -0.115. The van der Waals surface area contributed by atoms with Crippen molar-refractivity contribution in [1.82, 2.24) is 9.97 Å². The van der Waals surface area contributed by atoms with Crippen molar-refractivity contribution in [2.24, 2.45) is 0 Å². The topological polar surface area (TPSA) is 67.4 Å². The highest BCUT2D eigenvalue weighted by atomic mass is 19.4. The highest BCUT2D eigenvalue weighted by molar-refractivity contribution is 5.67. The van der Waals surface area contributed by atoms with Gasteiger partial charge in [-0.2, -0.15) is 13.2 Å². The molecule has 2 heterocycles. The molecule has 0 amide bonds. The first kappa shape index (κ1) is 18.8. The third-order valence-electron chi connectivity index (χ3n) is 3.94. The number of aromatic amines is 1. The SMILES string of the molecule is COc1ccc(COc2cc(CO)ncc2-c2cc(C(F)(F)F)c[nH]2)cc1. The number of rotatable bonds is 6. The van der Waals surface area contributed by atoms with Crippen LogP contribution in [0.5, 0.6) is 11.5 Å². The second kappa shape index (κ2) is 7.71. The molecule has 2 aromatic heterocycles. The molecule has 0 saturated carbocycles. The zero-order valence-corrected chi connectivity index (χ0v) is 14.4. The smallest absolute Gasteiger partial charge is 0.417 e. The number of hydrogen-bond acceptors (Lipinski definition) is 4. The number of aliphatic hydroxyl groups excluding tert-OH is 1. The summed E-state index contributed by atoms with van der Waals surface area (Å²) in [4.78, 5) is 6.64. The van der Waals surface area contributed by atoms with Gasteiger partial charge in [-0.3, -0.25) is 4.98 Å². The van der Waals surface area contributed by atoms with E-state index in [-0.39, 0.29) is 18.9 Å². The molecule has 0 aliphatic heterocycles. The molecule has 2 N–H and O–H groups in total. The van der Waals surface area contributed by atoms with Crippen molar-refractivity contribution >= 4 is 0 Å². The Kier molecular flexibility index (Phi) is 5.36. The lowest BCUT2D eigenvalue weighted by Crippen LogP contribution is -2.02. The van der Waals surface area contributed by atoms with Gasteiger partial charge in [-0.05, 0) is 23.8 Å². The van der Waals surface area contributed by atoms with Crippen LogP contribution in [0.4, 0.5) is 13.2 Å². The molecule has 0 radical (unpaired) electrons. The quantitative estimate of drug-likeness (QED) is 0.675. The lowest BCUT2D eigenvalue weighted by atomic mass is 10.1. The van der Waals surface area contributed by atoms with Gasteiger partial charge in [0.1, 0.15) is 18.1 Å². The van der Waals surface area contributed by atoms with Gasteiger partial charge in [-0.25, -0.2) is 0 Å². The van der Waals surface area contributed by atoms with Crippen LogP contribution in [0.1, 0.15) is 16.8 Å². The maximum absolute atomic E-state index is 12.9. The third-order valence-corrected chi connectivity index (χ3v) is 3.94. The lowest BCUT2D eigenvalue weighted by Gasteiger charge is -2.12. The van der Waals surface area contributed by atoms with Crippen LogP contribution in [0.2, 0.25) is 0 Å². The summed E-state index contributed by atoms with van der Waals surface area (Å²) in [5.41, 5.74) is 1.02. The number of nitrogens with zero attached hydrogens (tertiary/aromatic N) is 1. The predicted octanol–water partition coefficient (Wildman–Crippen LogP) is 4.18. The van der Waals surface area contributed by atoms with E-state index in [1.807, 2.05) is 12.1 Å². The van der Waals surface area contributed by atoms with E-state index in [2.05, 4.69) is 9.97 Å². The largest absolute Gasteiger partial charge is 0.497 e. The molecule has 3 aromatic rings. The molecular weight excluding hydrogens is 361 g/mol. The molecule has 0 unspecified atom stereocenters. The Labute approximate surface area is 153 Å². The van der Waals surface area contributed by atoms with Crippen LogP contribution in [-0.4, -0.2) is 22.2 Å².